The van der Waals surface area contributed by atoms with Crippen LogP contribution >= 0.6 is 0 Å². The molecule has 2 aliphatic heterocycles. The molecule has 9 heteroatoms. The monoisotopic (exact) mass is 419 g/mol. The van der Waals surface area contributed by atoms with Crippen LogP contribution in [0.2, 0.25) is 0 Å². The van der Waals surface area contributed by atoms with Crippen molar-refractivity contribution in [1.82, 2.24) is 19.5 Å². The molecule has 0 aromatic carbocycles. The Morgan fingerprint density at radius 2 is 2.07 bits per heavy atom. The maximum atomic E-state index is 12.9. The van der Waals surface area contributed by atoms with E-state index in [0.717, 1.165) is 71.0 Å². The van der Waals surface area contributed by atoms with Gasteiger partial charge in [-0.2, -0.15) is 9.97 Å². The fraction of sp³-hybridized carbons (Fsp3) is 0.762. The lowest BCUT2D eigenvalue weighted by atomic mass is 9.99. The molecule has 2 saturated heterocycles. The normalized spacial score (nSPS) is 22.7. The first-order valence-electron chi connectivity index (χ1n) is 11.3. The molecule has 3 atom stereocenters. The largest absolute Gasteiger partial charge is 0.463 e. The first kappa shape index (κ1) is 21.1. The lowest BCUT2D eigenvalue weighted by Gasteiger charge is -2.24. The molecule has 0 bridgehead atoms. The minimum absolute atomic E-state index is 0.00755. The minimum Gasteiger partial charge on any atom is -0.463 e. The lowest BCUT2D eigenvalue weighted by molar-refractivity contribution is 0.0584. The van der Waals surface area contributed by atoms with Crippen LogP contribution in [0, 0.1) is 0 Å². The predicted molar refractivity (Wildman–Crippen MR) is 114 cm³/mol. The third-order valence-electron chi connectivity index (χ3n) is 6.08. The van der Waals surface area contributed by atoms with Gasteiger partial charge in [0.2, 0.25) is 0 Å². The standard InChI is InChI=1S/C21H33N5O4/c1-2-3-11-30-20-24-18(22)17-19(25-20)26(21(27)23-17)15(16-10-6-13-29-16)9-4-7-14-8-5-12-28-14/h14-16H,2-13H2,1H3,(H,23,27)(H2,22,24,25). The third kappa shape index (κ3) is 4.62. The van der Waals surface area contributed by atoms with Gasteiger partial charge in [0.05, 0.1) is 24.9 Å². The van der Waals surface area contributed by atoms with Gasteiger partial charge in [-0.25, -0.2) is 4.79 Å². The Labute approximate surface area is 176 Å². The molecule has 0 saturated carbocycles. The van der Waals surface area contributed by atoms with Crippen molar-refractivity contribution in [2.45, 2.75) is 83.0 Å². The van der Waals surface area contributed by atoms with E-state index in [9.17, 15) is 4.79 Å². The summed E-state index contributed by atoms with van der Waals surface area (Å²) in [5.41, 5.74) is 6.85. The number of H-pyrrole nitrogens is 1. The molecule has 4 heterocycles. The SMILES string of the molecule is CCCCOc1nc(N)c2[nH]c(=O)n(C(CCCC3CCCO3)C3CCCO3)c2n1. The number of nitrogens with one attached hydrogen (secondary N) is 1. The molecule has 30 heavy (non-hydrogen) atoms. The van der Waals surface area contributed by atoms with Gasteiger partial charge in [-0.05, 0) is 51.4 Å². The molecule has 0 aliphatic carbocycles. The predicted octanol–water partition coefficient (Wildman–Crippen LogP) is 2.95. The third-order valence-corrected chi connectivity index (χ3v) is 6.08. The summed E-state index contributed by atoms with van der Waals surface area (Å²) in [7, 11) is 0. The van der Waals surface area contributed by atoms with E-state index in [1.165, 1.54) is 0 Å². The van der Waals surface area contributed by atoms with E-state index in [2.05, 4.69) is 21.9 Å². The van der Waals surface area contributed by atoms with Gasteiger partial charge in [-0.15, -0.1) is 0 Å². The maximum Gasteiger partial charge on any atom is 0.328 e. The number of nitrogens with two attached hydrogens (primary N) is 1. The molecule has 2 fully saturated rings. The number of ether oxygens (including phenoxy) is 3. The number of aromatic nitrogens is 4. The Morgan fingerprint density at radius 1 is 1.23 bits per heavy atom. The van der Waals surface area contributed by atoms with Crippen LogP contribution in [0.1, 0.15) is 70.8 Å². The van der Waals surface area contributed by atoms with Gasteiger partial charge in [-0.1, -0.05) is 13.3 Å². The van der Waals surface area contributed by atoms with Gasteiger partial charge >= 0.3 is 11.7 Å². The molecule has 3 N–H and O–H groups in total. The van der Waals surface area contributed by atoms with E-state index in [1.54, 1.807) is 4.57 Å². The fourth-order valence-corrected chi connectivity index (χ4v) is 4.50. The number of anilines is 1. The van der Waals surface area contributed by atoms with Crippen molar-refractivity contribution in [3.05, 3.63) is 10.5 Å². The summed E-state index contributed by atoms with van der Waals surface area (Å²) in [6.45, 7) is 4.20. The molecular formula is C21H33N5O4. The number of aromatic amines is 1. The first-order chi connectivity index (χ1) is 14.7. The van der Waals surface area contributed by atoms with E-state index in [-0.39, 0.29) is 29.7 Å². The second-order valence-corrected chi connectivity index (χ2v) is 8.28. The highest BCUT2D eigenvalue weighted by Gasteiger charge is 2.31. The second kappa shape index (κ2) is 9.78. The number of imidazole rings is 1. The van der Waals surface area contributed by atoms with Crippen molar-refractivity contribution in [2.75, 3.05) is 25.6 Å². The average Bonchev–Trinajstić information content (AvgIpc) is 3.48. The van der Waals surface area contributed by atoms with Crippen LogP contribution < -0.4 is 16.2 Å². The Bertz CT molecular complexity index is 883. The molecule has 0 spiro atoms. The van der Waals surface area contributed by atoms with Crippen LogP contribution in [0.15, 0.2) is 4.79 Å². The molecule has 2 aromatic rings. The van der Waals surface area contributed by atoms with E-state index in [1.807, 2.05) is 0 Å². The van der Waals surface area contributed by atoms with E-state index in [4.69, 9.17) is 19.9 Å². The topological polar surface area (TPSA) is 117 Å². The zero-order valence-electron chi connectivity index (χ0n) is 17.8. The van der Waals surface area contributed by atoms with Crippen LogP contribution in [0.3, 0.4) is 0 Å². The van der Waals surface area contributed by atoms with Gasteiger partial charge < -0.3 is 24.9 Å². The summed E-state index contributed by atoms with van der Waals surface area (Å²) in [6.07, 6.45) is 9.25. The summed E-state index contributed by atoms with van der Waals surface area (Å²) >= 11 is 0. The van der Waals surface area contributed by atoms with Crippen molar-refractivity contribution in [2.24, 2.45) is 0 Å². The van der Waals surface area contributed by atoms with E-state index < -0.39 is 0 Å². The van der Waals surface area contributed by atoms with Gasteiger partial charge in [0, 0.05) is 13.2 Å². The van der Waals surface area contributed by atoms with Crippen molar-refractivity contribution >= 4 is 17.0 Å². The number of hydrogen-bond acceptors (Lipinski definition) is 7. The number of fused-ring (bicyclic) bond motifs is 1. The smallest absolute Gasteiger partial charge is 0.328 e. The number of nitrogens with zero attached hydrogens (tertiary/aromatic N) is 3. The van der Waals surface area contributed by atoms with Gasteiger partial charge in [0.25, 0.3) is 0 Å². The minimum atomic E-state index is -0.227. The fourth-order valence-electron chi connectivity index (χ4n) is 4.50. The van der Waals surface area contributed by atoms with Crippen molar-refractivity contribution in [1.29, 1.82) is 0 Å². The zero-order chi connectivity index (χ0) is 20.9. The first-order valence-corrected chi connectivity index (χ1v) is 11.3. The van der Waals surface area contributed by atoms with E-state index in [0.29, 0.717) is 23.9 Å². The van der Waals surface area contributed by atoms with E-state index >= 15 is 0 Å². The van der Waals surface area contributed by atoms with Crippen molar-refractivity contribution in [3.63, 3.8) is 0 Å². The molecule has 4 rings (SSSR count). The van der Waals surface area contributed by atoms with Gasteiger partial charge in [0.15, 0.2) is 11.5 Å². The molecule has 9 nitrogen and oxygen atoms in total. The number of rotatable bonds is 10. The summed E-state index contributed by atoms with van der Waals surface area (Å²) < 4.78 is 19.1. The Morgan fingerprint density at radius 3 is 2.80 bits per heavy atom. The molecule has 0 amide bonds. The lowest BCUT2D eigenvalue weighted by Crippen LogP contribution is -2.31. The number of hydrogen-bond donors (Lipinski definition) is 2. The molecular weight excluding hydrogens is 386 g/mol. The highest BCUT2D eigenvalue weighted by atomic mass is 16.5. The maximum absolute atomic E-state index is 12.9. The molecule has 3 unspecified atom stereocenters. The zero-order valence-corrected chi connectivity index (χ0v) is 17.8. The van der Waals surface area contributed by atoms with Crippen molar-refractivity contribution in [3.8, 4) is 6.01 Å². The Hall–Kier alpha value is -2.13. The highest BCUT2D eigenvalue weighted by molar-refractivity contribution is 5.82. The average molecular weight is 420 g/mol. The molecule has 166 valence electrons. The number of nitrogen functional groups attached to an aromatic ring is 1. The Balaban J connectivity index is 1.61. The summed E-state index contributed by atoms with van der Waals surface area (Å²) in [5, 5.41) is 0. The molecule has 2 aromatic heterocycles. The van der Waals surface area contributed by atoms with Gasteiger partial charge in [0.1, 0.15) is 5.52 Å². The molecule has 0 radical (unpaired) electrons. The second-order valence-electron chi connectivity index (χ2n) is 8.28. The summed E-state index contributed by atoms with van der Waals surface area (Å²) in [6, 6.07) is 0.111. The summed E-state index contributed by atoms with van der Waals surface area (Å²) in [5.74, 6) is 0.229. The summed E-state index contributed by atoms with van der Waals surface area (Å²) in [4.78, 5) is 24.5. The highest BCUT2D eigenvalue weighted by Crippen LogP contribution is 2.32. The van der Waals surface area contributed by atoms with Crippen LogP contribution in [-0.4, -0.2) is 51.5 Å². The van der Waals surface area contributed by atoms with Gasteiger partial charge in [-0.3, -0.25) is 4.57 Å². The van der Waals surface area contributed by atoms with Crippen LogP contribution in [0.25, 0.3) is 11.2 Å². The van der Waals surface area contributed by atoms with Crippen molar-refractivity contribution < 1.29 is 14.2 Å². The Kier molecular flexibility index (Phi) is 6.89. The number of unbranched alkanes of at least 4 members (excludes halogenated alkanes) is 1. The molecule has 2 aliphatic rings. The van der Waals surface area contributed by atoms with Crippen LogP contribution in [-0.2, 0) is 9.47 Å². The quantitative estimate of drug-likeness (QED) is 0.569. The van der Waals surface area contributed by atoms with Crippen LogP contribution in [0.5, 0.6) is 6.01 Å². The van der Waals surface area contributed by atoms with Crippen LogP contribution in [0.4, 0.5) is 5.82 Å².